The molecule has 122 valence electrons. The summed E-state index contributed by atoms with van der Waals surface area (Å²) in [7, 11) is 0. The molecule has 5 nitrogen and oxygen atoms in total. The normalized spacial score (nSPS) is 20.7. The molecule has 22 heavy (non-hydrogen) atoms. The maximum Gasteiger partial charge on any atom is 0.314 e. The molecule has 1 saturated carbocycles. The van der Waals surface area contributed by atoms with Crippen LogP contribution >= 0.6 is 0 Å². The first-order valence-corrected chi connectivity index (χ1v) is 7.34. The number of amides is 2. The minimum absolute atomic E-state index is 0.0577. The molecule has 7 heteroatoms. The van der Waals surface area contributed by atoms with Gasteiger partial charge in [0, 0.05) is 18.5 Å². The van der Waals surface area contributed by atoms with Gasteiger partial charge in [0.05, 0.1) is 12.6 Å². The van der Waals surface area contributed by atoms with E-state index in [2.05, 4.69) is 10.6 Å². The Morgan fingerprint density at radius 3 is 2.82 bits per heavy atom. The Hall–Kier alpha value is -1.89. The SMILES string of the molecule is O=C(NCCOc1ccc(F)cc1F)NCC1CCCC1O. The van der Waals surface area contributed by atoms with Gasteiger partial charge in [-0.2, -0.15) is 0 Å². The molecule has 0 aromatic heterocycles. The third-order valence-electron chi connectivity index (χ3n) is 3.68. The lowest BCUT2D eigenvalue weighted by Crippen LogP contribution is -2.41. The summed E-state index contributed by atoms with van der Waals surface area (Å²) < 4.78 is 31.1. The van der Waals surface area contributed by atoms with Crippen LogP contribution in [0.25, 0.3) is 0 Å². The number of urea groups is 1. The van der Waals surface area contributed by atoms with E-state index in [1.165, 1.54) is 6.07 Å². The number of carbonyl (C=O) groups is 1. The Labute approximate surface area is 127 Å². The molecule has 2 atom stereocenters. The highest BCUT2D eigenvalue weighted by molar-refractivity contribution is 5.73. The Morgan fingerprint density at radius 2 is 2.14 bits per heavy atom. The maximum absolute atomic E-state index is 13.3. The van der Waals surface area contributed by atoms with Crippen LogP contribution in [0.3, 0.4) is 0 Å². The van der Waals surface area contributed by atoms with E-state index in [0.717, 1.165) is 31.4 Å². The highest BCUT2D eigenvalue weighted by atomic mass is 19.1. The predicted molar refractivity (Wildman–Crippen MR) is 76.6 cm³/mol. The van der Waals surface area contributed by atoms with Crippen molar-refractivity contribution in [2.24, 2.45) is 5.92 Å². The second-order valence-electron chi connectivity index (χ2n) is 5.32. The monoisotopic (exact) mass is 314 g/mol. The first-order chi connectivity index (χ1) is 10.6. The van der Waals surface area contributed by atoms with Crippen LogP contribution in [-0.2, 0) is 0 Å². The lowest BCUT2D eigenvalue weighted by atomic mass is 10.1. The van der Waals surface area contributed by atoms with Crippen molar-refractivity contribution < 1.29 is 23.4 Å². The zero-order valence-corrected chi connectivity index (χ0v) is 12.1. The lowest BCUT2D eigenvalue weighted by molar-refractivity contribution is 0.132. The summed E-state index contributed by atoms with van der Waals surface area (Å²) in [5.41, 5.74) is 0. The second-order valence-corrected chi connectivity index (χ2v) is 5.32. The van der Waals surface area contributed by atoms with E-state index in [4.69, 9.17) is 4.74 Å². The summed E-state index contributed by atoms with van der Waals surface area (Å²) in [5, 5.41) is 14.9. The quantitative estimate of drug-likeness (QED) is 0.701. The van der Waals surface area contributed by atoms with Crippen molar-refractivity contribution in [1.82, 2.24) is 10.6 Å². The lowest BCUT2D eigenvalue weighted by Gasteiger charge is -2.15. The summed E-state index contributed by atoms with van der Waals surface area (Å²) in [6, 6.07) is 2.68. The van der Waals surface area contributed by atoms with E-state index in [9.17, 15) is 18.7 Å². The molecule has 0 radical (unpaired) electrons. The molecule has 2 rings (SSSR count). The van der Waals surface area contributed by atoms with E-state index in [1.54, 1.807) is 0 Å². The van der Waals surface area contributed by atoms with Gasteiger partial charge in [0.15, 0.2) is 11.6 Å². The zero-order chi connectivity index (χ0) is 15.9. The highest BCUT2D eigenvalue weighted by Crippen LogP contribution is 2.24. The van der Waals surface area contributed by atoms with Crippen LogP contribution < -0.4 is 15.4 Å². The summed E-state index contributed by atoms with van der Waals surface area (Å²) in [6.45, 7) is 0.693. The van der Waals surface area contributed by atoms with E-state index >= 15 is 0 Å². The molecular weight excluding hydrogens is 294 g/mol. The number of benzene rings is 1. The standard InChI is InChI=1S/C15H20F2N2O3/c16-11-4-5-14(12(17)8-11)22-7-6-18-15(21)19-9-10-2-1-3-13(10)20/h4-5,8,10,13,20H,1-3,6-7,9H2,(H2,18,19,21). The Balaban J connectivity index is 1.60. The number of ether oxygens (including phenoxy) is 1. The van der Waals surface area contributed by atoms with Crippen molar-refractivity contribution in [2.75, 3.05) is 19.7 Å². The fourth-order valence-electron chi connectivity index (χ4n) is 2.46. The second kappa shape index (κ2) is 7.93. The Bertz CT molecular complexity index is 514. The smallest absolute Gasteiger partial charge is 0.314 e. The molecule has 0 bridgehead atoms. The number of rotatable bonds is 6. The Morgan fingerprint density at radius 1 is 1.32 bits per heavy atom. The van der Waals surface area contributed by atoms with Gasteiger partial charge in [-0.3, -0.25) is 0 Å². The van der Waals surface area contributed by atoms with Gasteiger partial charge in [-0.15, -0.1) is 0 Å². The van der Waals surface area contributed by atoms with Gasteiger partial charge in [0.2, 0.25) is 0 Å². The minimum Gasteiger partial charge on any atom is -0.489 e. The van der Waals surface area contributed by atoms with Gasteiger partial charge in [-0.25, -0.2) is 13.6 Å². The maximum atomic E-state index is 13.3. The van der Waals surface area contributed by atoms with Crippen LogP contribution in [0, 0.1) is 17.6 Å². The average Bonchev–Trinajstić information content (AvgIpc) is 2.88. The van der Waals surface area contributed by atoms with Crippen LogP contribution in [0.4, 0.5) is 13.6 Å². The van der Waals surface area contributed by atoms with Gasteiger partial charge in [0.25, 0.3) is 0 Å². The predicted octanol–water partition coefficient (Wildman–Crippen LogP) is 1.80. The third kappa shape index (κ3) is 4.84. The molecular formula is C15H20F2N2O3. The van der Waals surface area contributed by atoms with Crippen molar-refractivity contribution >= 4 is 6.03 Å². The van der Waals surface area contributed by atoms with Gasteiger partial charge >= 0.3 is 6.03 Å². The first-order valence-electron chi connectivity index (χ1n) is 7.34. The third-order valence-corrected chi connectivity index (χ3v) is 3.68. The average molecular weight is 314 g/mol. The van der Waals surface area contributed by atoms with E-state index in [1.807, 2.05) is 0 Å². The minimum atomic E-state index is -0.778. The Kier molecular flexibility index (Phi) is 5.94. The molecule has 1 aliphatic rings. The van der Waals surface area contributed by atoms with Crippen LogP contribution in [0.2, 0.25) is 0 Å². The summed E-state index contributed by atoms with van der Waals surface area (Å²) in [5.74, 6) is -1.40. The molecule has 0 spiro atoms. The van der Waals surface area contributed by atoms with Crippen molar-refractivity contribution in [1.29, 1.82) is 0 Å². The topological polar surface area (TPSA) is 70.6 Å². The van der Waals surface area contributed by atoms with Crippen molar-refractivity contribution in [3.8, 4) is 5.75 Å². The summed E-state index contributed by atoms with van der Waals surface area (Å²) >= 11 is 0. The van der Waals surface area contributed by atoms with Crippen molar-refractivity contribution in [2.45, 2.75) is 25.4 Å². The number of halogens is 2. The molecule has 2 amide bonds. The summed E-state index contributed by atoms with van der Waals surface area (Å²) in [4.78, 5) is 11.5. The largest absolute Gasteiger partial charge is 0.489 e. The van der Waals surface area contributed by atoms with E-state index in [0.29, 0.717) is 6.54 Å². The number of nitrogens with one attached hydrogen (secondary N) is 2. The molecule has 0 heterocycles. The van der Waals surface area contributed by atoms with Gasteiger partial charge in [0.1, 0.15) is 12.4 Å². The molecule has 3 N–H and O–H groups in total. The molecule has 2 unspecified atom stereocenters. The highest BCUT2D eigenvalue weighted by Gasteiger charge is 2.25. The molecule has 1 aromatic rings. The van der Waals surface area contributed by atoms with Crippen molar-refractivity contribution in [3.05, 3.63) is 29.8 Å². The fourth-order valence-corrected chi connectivity index (χ4v) is 2.46. The van der Waals surface area contributed by atoms with E-state index in [-0.39, 0.29) is 37.0 Å². The van der Waals surface area contributed by atoms with Gasteiger partial charge < -0.3 is 20.5 Å². The number of carbonyl (C=O) groups excluding carboxylic acids is 1. The first kappa shape index (κ1) is 16.5. The van der Waals surface area contributed by atoms with Gasteiger partial charge in [-0.1, -0.05) is 6.42 Å². The number of aliphatic hydroxyl groups excluding tert-OH is 1. The van der Waals surface area contributed by atoms with Crippen LogP contribution in [0.5, 0.6) is 5.75 Å². The van der Waals surface area contributed by atoms with Crippen molar-refractivity contribution in [3.63, 3.8) is 0 Å². The number of hydrogen-bond donors (Lipinski definition) is 3. The molecule has 0 aliphatic heterocycles. The molecule has 1 aromatic carbocycles. The zero-order valence-electron chi connectivity index (χ0n) is 12.1. The number of aliphatic hydroxyl groups is 1. The summed E-state index contributed by atoms with van der Waals surface area (Å²) in [6.07, 6.45) is 2.33. The molecule has 0 saturated heterocycles. The van der Waals surface area contributed by atoms with Gasteiger partial charge in [-0.05, 0) is 25.0 Å². The van der Waals surface area contributed by atoms with Crippen LogP contribution in [-0.4, -0.2) is 36.9 Å². The van der Waals surface area contributed by atoms with E-state index < -0.39 is 11.6 Å². The van der Waals surface area contributed by atoms with Crippen LogP contribution in [0.1, 0.15) is 19.3 Å². The molecule has 1 aliphatic carbocycles. The fraction of sp³-hybridized carbons (Fsp3) is 0.533. The molecule has 1 fully saturated rings. The van der Waals surface area contributed by atoms with Crippen LogP contribution in [0.15, 0.2) is 18.2 Å². The number of hydrogen-bond acceptors (Lipinski definition) is 3.